The predicted molar refractivity (Wildman–Crippen MR) is 145 cm³/mol. The van der Waals surface area contributed by atoms with Gasteiger partial charge in [-0.1, -0.05) is 59.5 Å². The van der Waals surface area contributed by atoms with Crippen LogP contribution in [-0.4, -0.2) is 30.4 Å². The van der Waals surface area contributed by atoms with Crippen molar-refractivity contribution in [3.05, 3.63) is 34.4 Å². The van der Waals surface area contributed by atoms with Gasteiger partial charge in [-0.2, -0.15) is 8.42 Å². The van der Waals surface area contributed by atoms with Gasteiger partial charge in [0.05, 0.1) is 0 Å². The fraction of sp³-hybridized carbons (Fsp3) is 0.724. The molecule has 0 fully saturated rings. The van der Waals surface area contributed by atoms with Crippen molar-refractivity contribution in [1.29, 1.82) is 0 Å². The maximum Gasteiger partial charge on any atom is 0.268 e. The Bertz CT molecular complexity index is 980. The molecule has 35 heavy (non-hydrogen) atoms. The Kier molecular flexibility index (Phi) is 10.7. The van der Waals surface area contributed by atoms with Gasteiger partial charge < -0.3 is 9.47 Å². The summed E-state index contributed by atoms with van der Waals surface area (Å²) in [6.45, 7) is 17.1. The van der Waals surface area contributed by atoms with E-state index in [9.17, 15) is 13.0 Å². The number of hydrogen-bond acceptors (Lipinski definition) is 4. The zero-order chi connectivity index (χ0) is 26.4. The summed E-state index contributed by atoms with van der Waals surface area (Å²) in [5.41, 5.74) is 3.79. The standard InChI is InChI=1S/C29H48O5S/c1-9-12-25(19-35(30,31)32)33-27-22(5)23(6)28-26(24(27)7)16-18-29(8,34-28)17-11-15-21(4)14-10-13-20(2)3/h11,17,20-21,25H,9-10,12-16,18-19H2,1-8H3,(H,30,31,32). The lowest BCUT2D eigenvalue weighted by molar-refractivity contribution is 0.112. The summed E-state index contributed by atoms with van der Waals surface area (Å²) in [6.07, 6.45) is 12.0. The van der Waals surface area contributed by atoms with Crippen LogP contribution in [0, 0.1) is 32.6 Å². The molecule has 0 saturated heterocycles. The lowest BCUT2D eigenvalue weighted by Gasteiger charge is -2.37. The first kappa shape index (κ1) is 29.7. The first-order chi connectivity index (χ1) is 16.3. The molecule has 0 aliphatic carbocycles. The monoisotopic (exact) mass is 508 g/mol. The number of hydrogen-bond donors (Lipinski definition) is 1. The molecule has 3 unspecified atom stereocenters. The molecule has 0 bridgehead atoms. The first-order valence-electron chi connectivity index (χ1n) is 13.4. The Balaban J connectivity index is 2.18. The molecule has 1 aromatic rings. The maximum absolute atomic E-state index is 11.5. The predicted octanol–water partition coefficient (Wildman–Crippen LogP) is 7.54. The van der Waals surface area contributed by atoms with Gasteiger partial charge in [-0.3, -0.25) is 4.55 Å². The van der Waals surface area contributed by atoms with E-state index in [4.69, 9.17) is 9.47 Å². The second-order valence-electron chi connectivity index (χ2n) is 11.3. The lowest BCUT2D eigenvalue weighted by atomic mass is 9.86. The van der Waals surface area contributed by atoms with Gasteiger partial charge in [0, 0.05) is 5.56 Å². The van der Waals surface area contributed by atoms with Crippen molar-refractivity contribution in [1.82, 2.24) is 0 Å². The fourth-order valence-corrected chi connectivity index (χ4v) is 5.69. The molecule has 1 aromatic carbocycles. The van der Waals surface area contributed by atoms with Crippen molar-refractivity contribution in [2.75, 3.05) is 5.75 Å². The molecule has 3 atom stereocenters. The summed E-state index contributed by atoms with van der Waals surface area (Å²) in [5, 5.41) is 0. The highest BCUT2D eigenvalue weighted by molar-refractivity contribution is 7.85. The normalized spacial score (nSPS) is 20.1. The maximum atomic E-state index is 11.5. The van der Waals surface area contributed by atoms with E-state index in [1.165, 1.54) is 19.3 Å². The summed E-state index contributed by atoms with van der Waals surface area (Å²) in [4.78, 5) is 0. The van der Waals surface area contributed by atoms with Gasteiger partial charge in [-0.05, 0) is 88.0 Å². The van der Waals surface area contributed by atoms with Crippen LogP contribution >= 0.6 is 0 Å². The molecule has 1 aliphatic rings. The van der Waals surface area contributed by atoms with Crippen molar-refractivity contribution in [2.45, 2.75) is 118 Å². The minimum Gasteiger partial charge on any atom is -0.489 e. The molecule has 0 saturated carbocycles. The van der Waals surface area contributed by atoms with Crippen molar-refractivity contribution in [2.24, 2.45) is 11.8 Å². The topological polar surface area (TPSA) is 72.8 Å². The van der Waals surface area contributed by atoms with Gasteiger partial charge in [-0.25, -0.2) is 0 Å². The summed E-state index contributed by atoms with van der Waals surface area (Å²) in [5.74, 6) is 2.70. The number of benzene rings is 1. The van der Waals surface area contributed by atoms with Crippen LogP contribution in [0.15, 0.2) is 12.2 Å². The van der Waals surface area contributed by atoms with Gasteiger partial charge in [0.25, 0.3) is 10.1 Å². The highest BCUT2D eigenvalue weighted by Crippen LogP contribution is 2.44. The Labute approximate surface area is 214 Å². The van der Waals surface area contributed by atoms with E-state index in [2.05, 4.69) is 39.8 Å². The average molecular weight is 509 g/mol. The highest BCUT2D eigenvalue weighted by atomic mass is 32.2. The molecule has 0 amide bonds. The Morgan fingerprint density at radius 1 is 1.09 bits per heavy atom. The molecule has 2 rings (SSSR count). The van der Waals surface area contributed by atoms with Crippen LogP contribution in [0.5, 0.6) is 11.5 Å². The molecule has 1 aliphatic heterocycles. The summed E-state index contributed by atoms with van der Waals surface area (Å²) in [6, 6.07) is 0. The summed E-state index contributed by atoms with van der Waals surface area (Å²) >= 11 is 0. The van der Waals surface area contributed by atoms with E-state index in [1.54, 1.807) is 0 Å². The molecule has 5 nitrogen and oxygen atoms in total. The minimum atomic E-state index is -4.12. The van der Waals surface area contributed by atoms with Crippen LogP contribution in [0.2, 0.25) is 0 Å². The zero-order valence-corrected chi connectivity index (χ0v) is 24.1. The Morgan fingerprint density at radius 3 is 2.37 bits per heavy atom. The lowest BCUT2D eigenvalue weighted by Crippen LogP contribution is -2.35. The molecule has 1 N–H and O–H groups in total. The van der Waals surface area contributed by atoms with Gasteiger partial charge >= 0.3 is 0 Å². The van der Waals surface area contributed by atoms with Crippen LogP contribution in [0.25, 0.3) is 0 Å². The van der Waals surface area contributed by atoms with Crippen molar-refractivity contribution in [3.8, 4) is 11.5 Å². The van der Waals surface area contributed by atoms with Crippen molar-refractivity contribution in [3.63, 3.8) is 0 Å². The summed E-state index contributed by atoms with van der Waals surface area (Å²) < 4.78 is 45.2. The fourth-order valence-electron chi connectivity index (χ4n) is 4.99. The van der Waals surface area contributed by atoms with E-state index in [-0.39, 0.29) is 5.60 Å². The van der Waals surface area contributed by atoms with Crippen LogP contribution in [0.1, 0.15) is 102 Å². The third kappa shape index (κ3) is 8.82. The van der Waals surface area contributed by atoms with E-state index in [1.807, 2.05) is 27.7 Å². The number of ether oxygens (including phenoxy) is 2. The molecule has 6 heteroatoms. The first-order valence-corrected chi connectivity index (χ1v) is 15.0. The zero-order valence-electron chi connectivity index (χ0n) is 23.2. The molecule has 200 valence electrons. The molecular formula is C29H48O5S. The van der Waals surface area contributed by atoms with E-state index in [0.717, 1.165) is 65.4 Å². The van der Waals surface area contributed by atoms with Crippen LogP contribution in [0.3, 0.4) is 0 Å². The van der Waals surface area contributed by atoms with Gasteiger partial charge in [0.2, 0.25) is 0 Å². The van der Waals surface area contributed by atoms with Crippen molar-refractivity contribution < 1.29 is 22.4 Å². The largest absolute Gasteiger partial charge is 0.489 e. The highest BCUT2D eigenvalue weighted by Gasteiger charge is 2.33. The molecule has 0 aromatic heterocycles. The quantitative estimate of drug-likeness (QED) is 0.220. The second-order valence-corrected chi connectivity index (χ2v) is 12.8. The minimum absolute atomic E-state index is 0.341. The van der Waals surface area contributed by atoms with Gasteiger partial charge in [0.1, 0.15) is 29.0 Å². The van der Waals surface area contributed by atoms with Crippen LogP contribution in [-0.2, 0) is 16.5 Å². The van der Waals surface area contributed by atoms with Crippen LogP contribution in [0.4, 0.5) is 0 Å². The number of fused-ring (bicyclic) bond motifs is 1. The summed E-state index contributed by atoms with van der Waals surface area (Å²) in [7, 11) is -4.12. The smallest absolute Gasteiger partial charge is 0.268 e. The molecule has 0 spiro atoms. The third-order valence-electron chi connectivity index (χ3n) is 7.30. The van der Waals surface area contributed by atoms with Crippen LogP contribution < -0.4 is 9.47 Å². The van der Waals surface area contributed by atoms with E-state index < -0.39 is 22.0 Å². The Hall–Kier alpha value is -1.53. The van der Waals surface area contributed by atoms with Gasteiger partial charge in [0.15, 0.2) is 0 Å². The Morgan fingerprint density at radius 2 is 1.77 bits per heavy atom. The number of rotatable bonds is 13. The SMILES string of the molecule is CCCC(CS(=O)(=O)O)Oc1c(C)c(C)c2c(c1C)CCC(C)(C=CCC(C)CCCC(C)C)O2. The molecular weight excluding hydrogens is 460 g/mol. The van der Waals surface area contributed by atoms with Crippen molar-refractivity contribution >= 4 is 10.1 Å². The molecule has 1 heterocycles. The number of allylic oxidation sites excluding steroid dienone is 1. The average Bonchev–Trinajstić information content (AvgIpc) is 2.74. The van der Waals surface area contributed by atoms with Gasteiger partial charge in [-0.15, -0.1) is 0 Å². The third-order valence-corrected chi connectivity index (χ3v) is 8.09. The van der Waals surface area contributed by atoms with E-state index >= 15 is 0 Å². The van der Waals surface area contributed by atoms with E-state index in [0.29, 0.717) is 12.3 Å². The second kappa shape index (κ2) is 12.6. The molecule has 0 radical (unpaired) electrons.